The highest BCUT2D eigenvalue weighted by Gasteiger charge is 2.32. The number of amides is 1. The standard InChI is InChI=1S/C16H15N2O5P/c17-10-12-6-8-14(9-7-12)15(24(20,21)22)18-16(19)23-11-13-4-2-1-3-5-13/h1-9,15H,11H2,(H,18,19)(H2,20,21,22). The van der Waals surface area contributed by atoms with Crippen LogP contribution in [-0.2, 0) is 15.9 Å². The van der Waals surface area contributed by atoms with Gasteiger partial charge in [-0.3, -0.25) is 4.57 Å². The summed E-state index contributed by atoms with van der Waals surface area (Å²) in [4.78, 5) is 30.8. The van der Waals surface area contributed by atoms with Gasteiger partial charge in [-0.2, -0.15) is 5.26 Å². The summed E-state index contributed by atoms with van der Waals surface area (Å²) in [6, 6.07) is 16.4. The molecule has 0 aliphatic rings. The number of nitrogens with zero attached hydrogens (tertiary/aromatic N) is 1. The number of benzene rings is 2. The molecule has 124 valence electrons. The first-order chi connectivity index (χ1) is 11.4. The van der Waals surface area contributed by atoms with E-state index in [1.54, 1.807) is 24.3 Å². The third-order valence-corrected chi connectivity index (χ3v) is 4.26. The highest BCUT2D eigenvalue weighted by atomic mass is 31.2. The first-order valence-electron chi connectivity index (χ1n) is 6.92. The molecule has 0 saturated heterocycles. The van der Waals surface area contributed by atoms with Crippen molar-refractivity contribution >= 4 is 13.7 Å². The summed E-state index contributed by atoms with van der Waals surface area (Å²) in [6.07, 6.45) is -0.948. The van der Waals surface area contributed by atoms with Crippen LogP contribution in [0.5, 0.6) is 0 Å². The van der Waals surface area contributed by atoms with E-state index in [0.717, 1.165) is 5.56 Å². The number of ether oxygens (including phenoxy) is 1. The monoisotopic (exact) mass is 346 g/mol. The molecule has 2 rings (SSSR count). The number of carbonyl (C=O) groups excluding carboxylic acids is 1. The SMILES string of the molecule is N#Cc1ccc(C(NC(=O)OCc2ccccc2)P(=O)(O)O)cc1. The van der Waals surface area contributed by atoms with Gasteiger partial charge < -0.3 is 19.8 Å². The van der Waals surface area contributed by atoms with Gasteiger partial charge in [0.05, 0.1) is 11.6 Å². The maximum atomic E-state index is 11.8. The second kappa shape index (κ2) is 7.75. The van der Waals surface area contributed by atoms with Crippen molar-refractivity contribution in [3.05, 3.63) is 71.3 Å². The molecule has 0 aliphatic heterocycles. The summed E-state index contributed by atoms with van der Waals surface area (Å²) in [5.74, 6) is -1.55. The molecule has 2 aromatic carbocycles. The van der Waals surface area contributed by atoms with Gasteiger partial charge in [0.25, 0.3) is 0 Å². The zero-order valence-corrected chi connectivity index (χ0v) is 13.4. The molecular weight excluding hydrogens is 331 g/mol. The third-order valence-electron chi connectivity index (χ3n) is 3.16. The van der Waals surface area contributed by atoms with Gasteiger partial charge in [-0.05, 0) is 23.3 Å². The number of alkyl carbamates (subject to hydrolysis) is 1. The highest BCUT2D eigenvalue weighted by molar-refractivity contribution is 7.52. The molecule has 2 aromatic rings. The van der Waals surface area contributed by atoms with Crippen molar-refractivity contribution < 1.29 is 23.9 Å². The van der Waals surface area contributed by atoms with E-state index in [1.807, 2.05) is 12.1 Å². The lowest BCUT2D eigenvalue weighted by Gasteiger charge is -2.20. The van der Waals surface area contributed by atoms with Crippen LogP contribution in [-0.4, -0.2) is 15.9 Å². The Morgan fingerprint density at radius 2 is 1.79 bits per heavy atom. The molecule has 0 heterocycles. The largest absolute Gasteiger partial charge is 0.445 e. The maximum Gasteiger partial charge on any atom is 0.408 e. The molecule has 1 amide bonds. The van der Waals surface area contributed by atoms with E-state index in [-0.39, 0.29) is 12.2 Å². The first kappa shape index (κ1) is 17.7. The van der Waals surface area contributed by atoms with E-state index in [9.17, 15) is 19.1 Å². The first-order valence-corrected chi connectivity index (χ1v) is 8.61. The van der Waals surface area contributed by atoms with Gasteiger partial charge in [-0.15, -0.1) is 0 Å². The second-order valence-electron chi connectivity index (χ2n) is 4.93. The van der Waals surface area contributed by atoms with E-state index >= 15 is 0 Å². The van der Waals surface area contributed by atoms with Crippen LogP contribution in [0.3, 0.4) is 0 Å². The van der Waals surface area contributed by atoms with Crippen molar-refractivity contribution in [3.63, 3.8) is 0 Å². The van der Waals surface area contributed by atoms with E-state index in [1.165, 1.54) is 24.3 Å². The normalized spacial score (nSPS) is 12.0. The molecule has 0 aromatic heterocycles. The van der Waals surface area contributed by atoms with Crippen LogP contribution in [0, 0.1) is 11.3 Å². The van der Waals surface area contributed by atoms with Crippen molar-refractivity contribution in [2.24, 2.45) is 0 Å². The predicted molar refractivity (Wildman–Crippen MR) is 85.7 cm³/mol. The molecule has 1 unspecified atom stereocenters. The lowest BCUT2D eigenvalue weighted by atomic mass is 10.1. The van der Waals surface area contributed by atoms with Gasteiger partial charge in [-0.25, -0.2) is 4.79 Å². The summed E-state index contributed by atoms with van der Waals surface area (Å²) >= 11 is 0. The van der Waals surface area contributed by atoms with Crippen LogP contribution >= 0.6 is 7.60 Å². The smallest absolute Gasteiger partial charge is 0.408 e. The Bertz CT molecular complexity index is 780. The fourth-order valence-electron chi connectivity index (χ4n) is 1.98. The zero-order chi connectivity index (χ0) is 17.6. The van der Waals surface area contributed by atoms with Crippen LogP contribution in [0.2, 0.25) is 0 Å². The van der Waals surface area contributed by atoms with E-state index in [2.05, 4.69) is 5.32 Å². The minimum atomic E-state index is -4.67. The van der Waals surface area contributed by atoms with E-state index in [0.29, 0.717) is 5.56 Å². The average molecular weight is 346 g/mol. The Kier molecular flexibility index (Phi) is 5.72. The number of hydrogen-bond acceptors (Lipinski definition) is 4. The molecule has 0 fully saturated rings. The Morgan fingerprint density at radius 1 is 1.17 bits per heavy atom. The minimum Gasteiger partial charge on any atom is -0.445 e. The lowest BCUT2D eigenvalue weighted by Crippen LogP contribution is -2.29. The summed E-state index contributed by atoms with van der Waals surface area (Å²) in [6.45, 7) is -0.0199. The number of rotatable bonds is 5. The lowest BCUT2D eigenvalue weighted by molar-refractivity contribution is 0.137. The van der Waals surface area contributed by atoms with E-state index < -0.39 is 19.5 Å². The number of nitriles is 1. The number of hydrogen-bond donors (Lipinski definition) is 3. The molecular formula is C16H15N2O5P. The molecule has 8 heteroatoms. The molecule has 0 spiro atoms. The quantitative estimate of drug-likeness (QED) is 0.716. The summed E-state index contributed by atoms with van der Waals surface area (Å²) in [7, 11) is -4.67. The molecule has 1 atom stereocenters. The van der Waals surface area contributed by atoms with Crippen LogP contribution in [0.4, 0.5) is 4.79 Å². The second-order valence-corrected chi connectivity index (χ2v) is 6.63. The van der Waals surface area contributed by atoms with Crippen molar-refractivity contribution in [3.8, 4) is 6.07 Å². The van der Waals surface area contributed by atoms with Gasteiger partial charge in [0.15, 0.2) is 5.78 Å². The topological polar surface area (TPSA) is 120 Å². The highest BCUT2D eigenvalue weighted by Crippen LogP contribution is 2.49. The maximum absolute atomic E-state index is 11.8. The van der Waals surface area contributed by atoms with Gasteiger partial charge in [0, 0.05) is 0 Å². The number of nitrogens with one attached hydrogen (secondary N) is 1. The van der Waals surface area contributed by atoms with Gasteiger partial charge in [0.2, 0.25) is 0 Å². The van der Waals surface area contributed by atoms with Crippen molar-refractivity contribution in [2.75, 3.05) is 0 Å². The van der Waals surface area contributed by atoms with Crippen molar-refractivity contribution in [1.82, 2.24) is 5.32 Å². The molecule has 24 heavy (non-hydrogen) atoms. The number of carbonyl (C=O) groups is 1. The Hall–Kier alpha value is -2.65. The Balaban J connectivity index is 2.07. The third kappa shape index (κ3) is 4.93. The van der Waals surface area contributed by atoms with Crippen LogP contribution in [0.1, 0.15) is 22.5 Å². The van der Waals surface area contributed by atoms with Crippen LogP contribution in [0.15, 0.2) is 54.6 Å². The van der Waals surface area contributed by atoms with Gasteiger partial charge >= 0.3 is 13.7 Å². The van der Waals surface area contributed by atoms with Gasteiger partial charge in [0.1, 0.15) is 6.61 Å². The zero-order valence-electron chi connectivity index (χ0n) is 12.5. The fraction of sp³-hybridized carbons (Fsp3) is 0.125. The minimum absolute atomic E-state index is 0.0199. The van der Waals surface area contributed by atoms with Crippen LogP contribution < -0.4 is 5.32 Å². The van der Waals surface area contributed by atoms with Crippen LogP contribution in [0.25, 0.3) is 0 Å². The molecule has 0 aliphatic carbocycles. The molecule has 0 bridgehead atoms. The summed E-state index contributed by atoms with van der Waals surface area (Å²) in [5.41, 5.74) is 1.27. The Morgan fingerprint density at radius 3 is 2.33 bits per heavy atom. The molecule has 3 N–H and O–H groups in total. The average Bonchev–Trinajstić information content (AvgIpc) is 2.58. The Labute approximate surface area is 138 Å². The summed E-state index contributed by atoms with van der Waals surface area (Å²) < 4.78 is 16.6. The molecule has 0 radical (unpaired) electrons. The molecule has 7 nitrogen and oxygen atoms in total. The van der Waals surface area contributed by atoms with Crippen molar-refractivity contribution in [2.45, 2.75) is 12.4 Å². The fourth-order valence-corrected chi connectivity index (χ4v) is 2.81. The molecule has 0 saturated carbocycles. The summed E-state index contributed by atoms with van der Waals surface area (Å²) in [5, 5.41) is 10.9. The predicted octanol–water partition coefficient (Wildman–Crippen LogP) is 2.66. The van der Waals surface area contributed by atoms with E-state index in [4.69, 9.17) is 10.00 Å². The van der Waals surface area contributed by atoms with Crippen molar-refractivity contribution in [1.29, 1.82) is 5.26 Å². The van der Waals surface area contributed by atoms with Gasteiger partial charge in [-0.1, -0.05) is 42.5 Å².